The number of pyridine rings is 1. The number of carbonyl (C=O) groups is 3. The molecule has 1 saturated heterocycles. The molecule has 2 aliphatic rings. The average molecular weight is 461 g/mol. The standard InChI is InChI=1S/C27H28N2O5/c1-17-21(24(31)26(34-3)25(33-2)23(17)30)14-18-9-10-20(27(32)29-12-5-4-6-13-29)22(15-18)19-8-7-11-28-16-19/h7-11,15-16H,4-6,12-14H2,1-3H3. The molecule has 0 atom stereocenters. The maximum Gasteiger partial charge on any atom is 0.254 e. The molecule has 34 heavy (non-hydrogen) atoms. The maximum absolute atomic E-state index is 13.4. The SMILES string of the molecule is COC1=C(OC)C(=O)C(Cc2ccc(C(=O)N3CCCCC3)c(-c3cccnc3)c2)=C(C)C1=O. The summed E-state index contributed by atoms with van der Waals surface area (Å²) < 4.78 is 10.3. The molecule has 1 amide bonds. The first-order valence-corrected chi connectivity index (χ1v) is 11.4. The lowest BCUT2D eigenvalue weighted by Gasteiger charge is -2.27. The zero-order valence-corrected chi connectivity index (χ0v) is 19.7. The second-order valence-electron chi connectivity index (χ2n) is 8.48. The van der Waals surface area contributed by atoms with Gasteiger partial charge in [0.05, 0.1) is 14.2 Å². The molecule has 0 N–H and O–H groups in total. The fraction of sp³-hybridized carbons (Fsp3) is 0.333. The molecule has 1 aromatic heterocycles. The van der Waals surface area contributed by atoms with Crippen LogP contribution in [0.25, 0.3) is 11.1 Å². The van der Waals surface area contributed by atoms with Crippen molar-refractivity contribution in [3.8, 4) is 11.1 Å². The van der Waals surface area contributed by atoms with Crippen molar-refractivity contribution in [1.29, 1.82) is 0 Å². The van der Waals surface area contributed by atoms with Gasteiger partial charge in [-0.1, -0.05) is 12.1 Å². The van der Waals surface area contributed by atoms with E-state index in [1.165, 1.54) is 14.2 Å². The van der Waals surface area contributed by atoms with E-state index in [2.05, 4.69) is 4.98 Å². The number of aromatic nitrogens is 1. The average Bonchev–Trinajstić information content (AvgIpc) is 2.89. The second-order valence-corrected chi connectivity index (χ2v) is 8.48. The minimum Gasteiger partial charge on any atom is -0.489 e. The highest BCUT2D eigenvalue weighted by Gasteiger charge is 2.34. The fourth-order valence-corrected chi connectivity index (χ4v) is 4.52. The lowest BCUT2D eigenvalue weighted by atomic mass is 9.87. The van der Waals surface area contributed by atoms with Crippen molar-refractivity contribution in [2.75, 3.05) is 27.3 Å². The van der Waals surface area contributed by atoms with E-state index in [-0.39, 0.29) is 35.4 Å². The predicted octanol–water partition coefficient (Wildman–Crippen LogP) is 3.89. The molecular weight excluding hydrogens is 432 g/mol. The first-order valence-electron chi connectivity index (χ1n) is 11.4. The lowest BCUT2D eigenvalue weighted by Crippen LogP contribution is -2.35. The number of ketones is 2. The van der Waals surface area contributed by atoms with E-state index in [0.29, 0.717) is 16.7 Å². The number of hydrogen-bond donors (Lipinski definition) is 0. The second kappa shape index (κ2) is 10.0. The molecule has 0 bridgehead atoms. The van der Waals surface area contributed by atoms with Crippen LogP contribution in [0.15, 0.2) is 65.4 Å². The van der Waals surface area contributed by atoms with Gasteiger partial charge in [0.1, 0.15) is 0 Å². The third-order valence-electron chi connectivity index (χ3n) is 6.41. The molecule has 0 spiro atoms. The predicted molar refractivity (Wildman–Crippen MR) is 127 cm³/mol. The van der Waals surface area contributed by atoms with Crippen LogP contribution in [-0.2, 0) is 25.5 Å². The number of carbonyl (C=O) groups excluding carboxylic acids is 3. The normalized spacial score (nSPS) is 16.7. The van der Waals surface area contributed by atoms with Gasteiger partial charge in [-0.2, -0.15) is 0 Å². The number of allylic oxidation sites excluding steroid dienone is 2. The quantitative estimate of drug-likeness (QED) is 0.608. The minimum absolute atomic E-state index is 0.00115. The summed E-state index contributed by atoms with van der Waals surface area (Å²) in [7, 11) is 2.69. The fourth-order valence-electron chi connectivity index (χ4n) is 4.52. The highest BCUT2D eigenvalue weighted by atomic mass is 16.5. The molecule has 1 fully saturated rings. The van der Waals surface area contributed by atoms with E-state index in [9.17, 15) is 14.4 Å². The molecule has 1 aromatic carbocycles. The Morgan fingerprint density at radius 3 is 2.35 bits per heavy atom. The van der Waals surface area contributed by atoms with E-state index >= 15 is 0 Å². The van der Waals surface area contributed by atoms with Gasteiger partial charge in [-0.3, -0.25) is 19.4 Å². The van der Waals surface area contributed by atoms with E-state index in [0.717, 1.165) is 49.0 Å². The van der Waals surface area contributed by atoms with Crippen LogP contribution in [0.4, 0.5) is 0 Å². The number of hydrogen-bond acceptors (Lipinski definition) is 6. The van der Waals surface area contributed by atoms with Gasteiger partial charge in [0, 0.05) is 54.2 Å². The smallest absolute Gasteiger partial charge is 0.254 e. The van der Waals surface area contributed by atoms with Crippen molar-refractivity contribution in [3.63, 3.8) is 0 Å². The third-order valence-corrected chi connectivity index (χ3v) is 6.41. The molecule has 0 saturated carbocycles. The van der Waals surface area contributed by atoms with Gasteiger partial charge < -0.3 is 14.4 Å². The Bertz CT molecular complexity index is 1190. The van der Waals surface area contributed by atoms with Crippen molar-refractivity contribution in [2.24, 2.45) is 0 Å². The molecule has 176 valence electrons. The topological polar surface area (TPSA) is 85.8 Å². The number of Topliss-reactive ketones (excluding diaryl/α,β-unsaturated/α-hetero) is 2. The number of methoxy groups -OCH3 is 2. The summed E-state index contributed by atoms with van der Waals surface area (Å²) in [6, 6.07) is 9.31. The summed E-state index contributed by atoms with van der Waals surface area (Å²) in [5.41, 5.74) is 3.68. The Hall–Kier alpha value is -3.74. The Morgan fingerprint density at radius 1 is 1.00 bits per heavy atom. The van der Waals surface area contributed by atoms with Crippen LogP contribution in [0, 0.1) is 0 Å². The van der Waals surface area contributed by atoms with Gasteiger partial charge in [0.25, 0.3) is 5.91 Å². The summed E-state index contributed by atoms with van der Waals surface area (Å²) >= 11 is 0. The van der Waals surface area contributed by atoms with Crippen LogP contribution >= 0.6 is 0 Å². The molecule has 1 aliphatic heterocycles. The molecule has 1 aliphatic carbocycles. The van der Waals surface area contributed by atoms with Gasteiger partial charge in [-0.25, -0.2) is 0 Å². The first-order chi connectivity index (χ1) is 16.5. The summed E-state index contributed by atoms with van der Waals surface area (Å²) in [6.45, 7) is 3.13. The van der Waals surface area contributed by atoms with Gasteiger partial charge >= 0.3 is 0 Å². The summed E-state index contributed by atoms with van der Waals surface area (Å²) in [5, 5.41) is 0. The van der Waals surface area contributed by atoms with Crippen molar-refractivity contribution in [3.05, 3.63) is 76.5 Å². The minimum atomic E-state index is -0.368. The monoisotopic (exact) mass is 460 g/mol. The summed E-state index contributed by atoms with van der Waals surface area (Å²) in [5.74, 6) is -0.894. The van der Waals surface area contributed by atoms with Crippen LogP contribution < -0.4 is 0 Å². The molecule has 4 rings (SSSR count). The largest absolute Gasteiger partial charge is 0.489 e. The Labute approximate surface area is 199 Å². The molecule has 2 aromatic rings. The lowest BCUT2D eigenvalue weighted by molar-refractivity contribution is -0.121. The number of likely N-dealkylation sites (tertiary alicyclic amines) is 1. The Morgan fingerprint density at radius 2 is 1.71 bits per heavy atom. The van der Waals surface area contributed by atoms with Crippen LogP contribution in [-0.4, -0.2) is 54.7 Å². The first kappa shape index (κ1) is 23.4. The molecule has 7 nitrogen and oxygen atoms in total. The van der Waals surface area contributed by atoms with E-state index in [1.54, 1.807) is 19.3 Å². The van der Waals surface area contributed by atoms with Crippen molar-refractivity contribution < 1.29 is 23.9 Å². The Balaban J connectivity index is 1.73. The van der Waals surface area contributed by atoms with Gasteiger partial charge in [0.2, 0.25) is 23.1 Å². The van der Waals surface area contributed by atoms with Crippen molar-refractivity contribution in [2.45, 2.75) is 32.6 Å². The maximum atomic E-state index is 13.4. The van der Waals surface area contributed by atoms with Crippen molar-refractivity contribution >= 4 is 17.5 Å². The van der Waals surface area contributed by atoms with Gasteiger partial charge in [0.15, 0.2) is 0 Å². The summed E-state index contributed by atoms with van der Waals surface area (Å²) in [6.07, 6.45) is 6.80. The number of piperidine rings is 1. The van der Waals surface area contributed by atoms with Crippen LogP contribution in [0.5, 0.6) is 0 Å². The van der Waals surface area contributed by atoms with Gasteiger partial charge in [-0.15, -0.1) is 0 Å². The number of benzene rings is 1. The van der Waals surface area contributed by atoms with E-state index < -0.39 is 0 Å². The number of amides is 1. The molecule has 0 unspecified atom stereocenters. The number of nitrogens with zero attached hydrogens (tertiary/aromatic N) is 2. The molecule has 0 radical (unpaired) electrons. The molecule has 7 heteroatoms. The Kier molecular flexibility index (Phi) is 6.91. The van der Waals surface area contributed by atoms with Gasteiger partial charge in [-0.05, 0) is 55.5 Å². The van der Waals surface area contributed by atoms with E-state index in [1.807, 2.05) is 35.2 Å². The highest BCUT2D eigenvalue weighted by Crippen LogP contribution is 2.31. The zero-order chi connectivity index (χ0) is 24.2. The number of ether oxygens (including phenoxy) is 2. The van der Waals surface area contributed by atoms with E-state index in [4.69, 9.17) is 9.47 Å². The third kappa shape index (κ3) is 4.38. The van der Waals surface area contributed by atoms with Crippen LogP contribution in [0.2, 0.25) is 0 Å². The zero-order valence-electron chi connectivity index (χ0n) is 19.7. The molecule has 2 heterocycles. The molecular formula is C27H28N2O5. The van der Waals surface area contributed by atoms with Crippen LogP contribution in [0.1, 0.15) is 42.1 Å². The van der Waals surface area contributed by atoms with Crippen LogP contribution in [0.3, 0.4) is 0 Å². The number of rotatable bonds is 6. The summed E-state index contributed by atoms with van der Waals surface area (Å²) in [4.78, 5) is 45.3. The van der Waals surface area contributed by atoms with Crippen molar-refractivity contribution in [1.82, 2.24) is 9.88 Å². The highest BCUT2D eigenvalue weighted by molar-refractivity contribution is 6.23.